The maximum atomic E-state index is 12.3. The first-order valence-corrected chi connectivity index (χ1v) is 4.21. The summed E-state index contributed by atoms with van der Waals surface area (Å²) in [5.74, 6) is 0.564. The molecule has 0 amide bonds. The quantitative estimate of drug-likeness (QED) is 0.881. The van der Waals surface area contributed by atoms with Crippen LogP contribution in [0.3, 0.4) is 0 Å². The van der Waals surface area contributed by atoms with Crippen LogP contribution < -0.4 is 10.5 Å². The molecule has 0 saturated carbocycles. The highest BCUT2D eigenvalue weighted by Gasteiger charge is 2.11. The van der Waals surface area contributed by atoms with Crippen LogP contribution in [0.25, 0.3) is 0 Å². The number of rotatable bonds is 3. The molecular formula is C9H12Cl2FNO. The average Bonchev–Trinajstić information content (AvgIpc) is 2.16. The minimum Gasteiger partial charge on any atom is -0.496 e. The number of hydrogen-bond acceptors (Lipinski definition) is 2. The van der Waals surface area contributed by atoms with Gasteiger partial charge < -0.3 is 10.5 Å². The number of methoxy groups -OCH3 is 1. The van der Waals surface area contributed by atoms with Crippen LogP contribution in [-0.2, 0) is 0 Å². The van der Waals surface area contributed by atoms with E-state index in [0.717, 1.165) is 0 Å². The van der Waals surface area contributed by atoms with E-state index < -0.39 is 12.7 Å². The third kappa shape index (κ3) is 3.01. The van der Waals surface area contributed by atoms with Crippen LogP contribution in [0.4, 0.5) is 4.39 Å². The van der Waals surface area contributed by atoms with Crippen molar-refractivity contribution >= 4 is 24.0 Å². The first kappa shape index (κ1) is 13.5. The highest BCUT2D eigenvalue weighted by molar-refractivity contribution is 6.30. The third-order valence-electron chi connectivity index (χ3n) is 1.76. The van der Waals surface area contributed by atoms with Crippen LogP contribution in [0, 0.1) is 0 Å². The summed E-state index contributed by atoms with van der Waals surface area (Å²) in [7, 11) is 1.51. The number of halogens is 3. The molecule has 2 N–H and O–H groups in total. The van der Waals surface area contributed by atoms with Crippen molar-refractivity contribution in [2.24, 2.45) is 5.73 Å². The highest BCUT2D eigenvalue weighted by atomic mass is 35.5. The zero-order chi connectivity index (χ0) is 9.84. The lowest BCUT2D eigenvalue weighted by molar-refractivity contribution is 0.389. The van der Waals surface area contributed by atoms with Gasteiger partial charge in [-0.15, -0.1) is 12.4 Å². The number of alkyl halides is 1. The SMILES string of the molecule is COc1ccc(Cl)cc1[C@@H](N)CF.Cl. The molecular weight excluding hydrogens is 228 g/mol. The lowest BCUT2D eigenvalue weighted by Gasteiger charge is -2.12. The van der Waals surface area contributed by atoms with Crippen LogP contribution in [-0.4, -0.2) is 13.8 Å². The summed E-state index contributed by atoms with van der Waals surface area (Å²) >= 11 is 5.74. The molecule has 0 aliphatic rings. The Morgan fingerprint density at radius 1 is 1.57 bits per heavy atom. The molecule has 1 aromatic rings. The second-order valence-electron chi connectivity index (χ2n) is 2.65. The fourth-order valence-corrected chi connectivity index (χ4v) is 1.26. The fraction of sp³-hybridized carbons (Fsp3) is 0.333. The lowest BCUT2D eigenvalue weighted by Crippen LogP contribution is -2.13. The van der Waals surface area contributed by atoms with Gasteiger partial charge in [0.25, 0.3) is 0 Å². The van der Waals surface area contributed by atoms with Crippen molar-refractivity contribution in [2.45, 2.75) is 6.04 Å². The number of ether oxygens (including phenoxy) is 1. The van der Waals surface area contributed by atoms with Gasteiger partial charge in [-0.2, -0.15) is 0 Å². The molecule has 0 heterocycles. The van der Waals surface area contributed by atoms with Gasteiger partial charge in [0.1, 0.15) is 12.4 Å². The van der Waals surface area contributed by atoms with Gasteiger partial charge in [-0.1, -0.05) is 11.6 Å². The summed E-state index contributed by atoms with van der Waals surface area (Å²) in [5.41, 5.74) is 6.12. The summed E-state index contributed by atoms with van der Waals surface area (Å²) in [6, 6.07) is 4.29. The van der Waals surface area contributed by atoms with E-state index in [2.05, 4.69) is 0 Å². The average molecular weight is 240 g/mol. The van der Waals surface area contributed by atoms with Gasteiger partial charge in [-0.3, -0.25) is 0 Å². The van der Waals surface area contributed by atoms with E-state index in [1.165, 1.54) is 7.11 Å². The zero-order valence-electron chi connectivity index (χ0n) is 7.67. The van der Waals surface area contributed by atoms with E-state index in [-0.39, 0.29) is 12.4 Å². The molecule has 0 unspecified atom stereocenters. The molecule has 80 valence electrons. The largest absolute Gasteiger partial charge is 0.496 e. The van der Waals surface area contributed by atoms with Crippen molar-refractivity contribution < 1.29 is 9.13 Å². The van der Waals surface area contributed by atoms with E-state index in [1.54, 1.807) is 18.2 Å². The summed E-state index contributed by atoms with van der Waals surface area (Å²) in [5, 5.41) is 0.528. The van der Waals surface area contributed by atoms with Gasteiger partial charge >= 0.3 is 0 Å². The Hall–Kier alpha value is -0.510. The molecule has 2 nitrogen and oxygen atoms in total. The number of hydrogen-bond donors (Lipinski definition) is 1. The van der Waals surface area contributed by atoms with Crippen molar-refractivity contribution in [3.8, 4) is 5.75 Å². The van der Waals surface area contributed by atoms with Crippen LogP contribution in [0.5, 0.6) is 5.75 Å². The van der Waals surface area contributed by atoms with Crippen molar-refractivity contribution in [1.82, 2.24) is 0 Å². The highest BCUT2D eigenvalue weighted by Crippen LogP contribution is 2.27. The molecule has 1 rings (SSSR count). The van der Waals surface area contributed by atoms with Gasteiger partial charge in [-0.25, -0.2) is 4.39 Å². The summed E-state index contributed by atoms with van der Waals surface area (Å²) < 4.78 is 17.3. The Morgan fingerprint density at radius 3 is 2.71 bits per heavy atom. The number of benzene rings is 1. The van der Waals surface area contributed by atoms with E-state index in [9.17, 15) is 4.39 Å². The van der Waals surface area contributed by atoms with E-state index >= 15 is 0 Å². The predicted octanol–water partition coefficient (Wildman–Crippen LogP) is 2.74. The van der Waals surface area contributed by atoms with E-state index in [0.29, 0.717) is 16.3 Å². The Labute approximate surface area is 93.6 Å². The molecule has 0 aromatic heterocycles. The van der Waals surface area contributed by atoms with Crippen molar-refractivity contribution in [3.05, 3.63) is 28.8 Å². The van der Waals surface area contributed by atoms with Gasteiger partial charge in [0, 0.05) is 10.6 Å². The molecule has 14 heavy (non-hydrogen) atoms. The Bertz CT molecular complexity index is 296. The Balaban J connectivity index is 0.00000169. The first-order chi connectivity index (χ1) is 6.19. The molecule has 0 saturated heterocycles. The van der Waals surface area contributed by atoms with E-state index in [1.807, 2.05) is 0 Å². The summed E-state index contributed by atoms with van der Waals surface area (Å²) in [6.07, 6.45) is 0. The van der Waals surface area contributed by atoms with Crippen LogP contribution in [0.1, 0.15) is 11.6 Å². The van der Waals surface area contributed by atoms with Gasteiger partial charge in [0.15, 0.2) is 0 Å². The molecule has 5 heteroatoms. The van der Waals surface area contributed by atoms with Crippen molar-refractivity contribution in [3.63, 3.8) is 0 Å². The van der Waals surface area contributed by atoms with Crippen LogP contribution in [0.15, 0.2) is 18.2 Å². The maximum absolute atomic E-state index is 12.3. The fourth-order valence-electron chi connectivity index (χ4n) is 1.08. The molecule has 1 atom stereocenters. The lowest BCUT2D eigenvalue weighted by atomic mass is 10.1. The van der Waals surface area contributed by atoms with Crippen LogP contribution >= 0.6 is 24.0 Å². The number of nitrogens with two attached hydrogens (primary N) is 1. The smallest absolute Gasteiger partial charge is 0.123 e. The monoisotopic (exact) mass is 239 g/mol. The predicted molar refractivity (Wildman–Crippen MR) is 58.2 cm³/mol. The first-order valence-electron chi connectivity index (χ1n) is 3.84. The van der Waals surface area contributed by atoms with Crippen molar-refractivity contribution in [1.29, 1.82) is 0 Å². The van der Waals surface area contributed by atoms with E-state index in [4.69, 9.17) is 22.1 Å². The zero-order valence-corrected chi connectivity index (χ0v) is 9.24. The third-order valence-corrected chi connectivity index (χ3v) is 1.99. The minimum atomic E-state index is -0.673. The second kappa shape index (κ2) is 6.06. The molecule has 1 aromatic carbocycles. The molecule has 0 radical (unpaired) electrons. The molecule has 0 spiro atoms. The molecule has 0 aliphatic carbocycles. The van der Waals surface area contributed by atoms with Gasteiger partial charge in [0.05, 0.1) is 13.2 Å². The standard InChI is InChI=1S/C9H11ClFNO.ClH/c1-13-9-3-2-6(10)4-7(9)8(12)5-11;/h2-4,8H,5,12H2,1H3;1H/t8-;/m0./s1. The molecule has 0 aliphatic heterocycles. The summed E-state index contributed by atoms with van der Waals surface area (Å²) in [6.45, 7) is -0.628. The topological polar surface area (TPSA) is 35.2 Å². The maximum Gasteiger partial charge on any atom is 0.123 e. The minimum absolute atomic E-state index is 0. The van der Waals surface area contributed by atoms with Crippen molar-refractivity contribution in [2.75, 3.05) is 13.8 Å². The normalized spacial score (nSPS) is 11.7. The second-order valence-corrected chi connectivity index (χ2v) is 3.08. The Kier molecular flexibility index (Phi) is 5.84. The van der Waals surface area contributed by atoms with Crippen LogP contribution in [0.2, 0.25) is 5.02 Å². The molecule has 0 bridgehead atoms. The molecule has 0 fully saturated rings. The Morgan fingerprint density at radius 2 is 2.21 bits per heavy atom. The van der Waals surface area contributed by atoms with Gasteiger partial charge in [0.2, 0.25) is 0 Å². The van der Waals surface area contributed by atoms with Gasteiger partial charge in [-0.05, 0) is 18.2 Å². The summed E-state index contributed by atoms with van der Waals surface area (Å²) in [4.78, 5) is 0.